The lowest BCUT2D eigenvalue weighted by molar-refractivity contribution is -0.133. The number of rotatable bonds is 4. The van der Waals surface area contributed by atoms with Crippen LogP contribution in [0.25, 0.3) is 0 Å². The van der Waals surface area contributed by atoms with Gasteiger partial charge in [-0.15, -0.1) is 11.8 Å². The lowest BCUT2D eigenvalue weighted by Crippen LogP contribution is -2.45. The molecule has 1 aliphatic rings. The first-order chi connectivity index (χ1) is 10.1. The van der Waals surface area contributed by atoms with Crippen LogP contribution in [0.3, 0.4) is 0 Å². The largest absolute Gasteiger partial charge is 0.399 e. The summed E-state index contributed by atoms with van der Waals surface area (Å²) >= 11 is 1.48. The Kier molecular flexibility index (Phi) is 5.46. The predicted molar refractivity (Wildman–Crippen MR) is 83.2 cm³/mol. The summed E-state index contributed by atoms with van der Waals surface area (Å²) in [5, 5.41) is 0. The number of nitrogens with one attached hydrogen (secondary N) is 1. The van der Waals surface area contributed by atoms with Gasteiger partial charge in [0.05, 0.1) is 5.75 Å². The Hall–Kier alpha value is -1.73. The van der Waals surface area contributed by atoms with Crippen molar-refractivity contribution in [2.24, 2.45) is 11.8 Å². The minimum atomic E-state index is -0.142. The fourth-order valence-corrected chi connectivity index (χ4v) is 3.22. The second-order valence-corrected chi connectivity index (χ2v) is 6.07. The maximum absolute atomic E-state index is 12.2. The van der Waals surface area contributed by atoms with Crippen LogP contribution < -0.4 is 17.0 Å². The molecule has 114 valence electrons. The molecule has 1 aliphatic heterocycles. The van der Waals surface area contributed by atoms with Crippen molar-refractivity contribution in [1.29, 1.82) is 0 Å². The zero-order valence-electron chi connectivity index (χ0n) is 11.7. The number of nitrogen functional groups attached to an aromatic ring is 1. The summed E-state index contributed by atoms with van der Waals surface area (Å²) in [5.41, 5.74) is 8.58. The fourth-order valence-electron chi connectivity index (χ4n) is 2.35. The number of nitrogens with zero attached hydrogens (tertiary/aromatic N) is 1. The Morgan fingerprint density at radius 3 is 2.67 bits per heavy atom. The van der Waals surface area contributed by atoms with E-state index in [0.717, 1.165) is 4.90 Å². The molecule has 7 heteroatoms. The van der Waals surface area contributed by atoms with Crippen LogP contribution in [0, 0.1) is 5.92 Å². The third-order valence-electron chi connectivity index (χ3n) is 3.58. The van der Waals surface area contributed by atoms with Crippen LogP contribution in [0.5, 0.6) is 0 Å². The van der Waals surface area contributed by atoms with Gasteiger partial charge in [-0.05, 0) is 31.0 Å². The standard InChI is InChI=1S/C14H20N4O2S/c15-11-2-1-3-12(8-11)21-9-13(19)18-6-4-10(5-7-18)14(20)17-16/h1-3,8,10H,4-7,9,15-16H2,(H,17,20). The van der Waals surface area contributed by atoms with E-state index in [1.165, 1.54) is 11.8 Å². The molecule has 0 bridgehead atoms. The third-order valence-corrected chi connectivity index (χ3v) is 4.56. The summed E-state index contributed by atoms with van der Waals surface area (Å²) in [6.07, 6.45) is 1.33. The molecule has 0 radical (unpaired) electrons. The van der Waals surface area contributed by atoms with Crippen molar-refractivity contribution in [3.63, 3.8) is 0 Å². The van der Waals surface area contributed by atoms with Crippen molar-refractivity contribution in [2.75, 3.05) is 24.6 Å². The van der Waals surface area contributed by atoms with E-state index in [0.29, 0.717) is 37.4 Å². The van der Waals surface area contributed by atoms with E-state index >= 15 is 0 Å². The number of thioether (sulfide) groups is 1. The van der Waals surface area contributed by atoms with Crippen molar-refractivity contribution >= 4 is 29.3 Å². The quantitative estimate of drug-likeness (QED) is 0.248. The third kappa shape index (κ3) is 4.37. The van der Waals surface area contributed by atoms with E-state index < -0.39 is 0 Å². The molecule has 2 rings (SSSR count). The molecule has 1 fully saturated rings. The predicted octanol–water partition coefficient (Wildman–Crippen LogP) is 0.589. The molecule has 1 saturated heterocycles. The minimum absolute atomic E-state index is 0.0828. The molecular weight excluding hydrogens is 288 g/mol. The van der Waals surface area contributed by atoms with Crippen LogP contribution in [0.2, 0.25) is 0 Å². The van der Waals surface area contributed by atoms with Gasteiger partial charge in [-0.2, -0.15) is 0 Å². The first kappa shape index (κ1) is 15.7. The van der Waals surface area contributed by atoms with Crippen molar-refractivity contribution in [2.45, 2.75) is 17.7 Å². The highest BCUT2D eigenvalue weighted by Gasteiger charge is 2.26. The Morgan fingerprint density at radius 1 is 1.33 bits per heavy atom. The number of hydrazine groups is 1. The molecule has 0 atom stereocenters. The van der Waals surface area contributed by atoms with Crippen molar-refractivity contribution in [3.05, 3.63) is 24.3 Å². The SMILES string of the molecule is NNC(=O)C1CCN(C(=O)CSc2cccc(N)c2)CC1. The average Bonchev–Trinajstić information content (AvgIpc) is 2.52. The van der Waals surface area contributed by atoms with Crippen LogP contribution in [-0.2, 0) is 9.59 Å². The highest BCUT2D eigenvalue weighted by molar-refractivity contribution is 8.00. The number of likely N-dealkylation sites (tertiary alicyclic amines) is 1. The Bertz CT molecular complexity index is 515. The summed E-state index contributed by atoms with van der Waals surface area (Å²) in [6.45, 7) is 1.21. The molecule has 5 N–H and O–H groups in total. The zero-order chi connectivity index (χ0) is 15.2. The molecule has 1 aromatic rings. The van der Waals surface area contributed by atoms with Crippen molar-refractivity contribution < 1.29 is 9.59 Å². The van der Waals surface area contributed by atoms with Gasteiger partial charge in [0.25, 0.3) is 0 Å². The van der Waals surface area contributed by atoms with Gasteiger partial charge < -0.3 is 10.6 Å². The van der Waals surface area contributed by atoms with Gasteiger partial charge in [0.1, 0.15) is 0 Å². The van der Waals surface area contributed by atoms with Gasteiger partial charge in [0.2, 0.25) is 11.8 Å². The molecule has 0 saturated carbocycles. The van der Waals surface area contributed by atoms with Crippen LogP contribution in [-0.4, -0.2) is 35.6 Å². The van der Waals surface area contributed by atoms with Crippen molar-refractivity contribution in [1.82, 2.24) is 10.3 Å². The molecule has 0 spiro atoms. The lowest BCUT2D eigenvalue weighted by atomic mass is 9.96. The second kappa shape index (κ2) is 7.33. The summed E-state index contributed by atoms with van der Waals surface area (Å²) in [4.78, 5) is 26.4. The van der Waals surface area contributed by atoms with Crippen LogP contribution >= 0.6 is 11.8 Å². The Labute approximate surface area is 128 Å². The van der Waals surface area contributed by atoms with E-state index in [-0.39, 0.29) is 17.7 Å². The number of piperidine rings is 1. The number of benzene rings is 1. The molecule has 6 nitrogen and oxygen atoms in total. The van der Waals surface area contributed by atoms with E-state index in [1.54, 1.807) is 4.90 Å². The van der Waals surface area contributed by atoms with Gasteiger partial charge in [-0.1, -0.05) is 6.07 Å². The van der Waals surface area contributed by atoms with Gasteiger partial charge in [-0.3, -0.25) is 15.0 Å². The molecule has 21 heavy (non-hydrogen) atoms. The van der Waals surface area contributed by atoms with Gasteiger partial charge in [0, 0.05) is 29.6 Å². The number of carbonyl (C=O) groups excluding carboxylic acids is 2. The molecule has 0 unspecified atom stereocenters. The van der Waals surface area contributed by atoms with E-state index in [4.69, 9.17) is 11.6 Å². The molecular formula is C14H20N4O2S. The topological polar surface area (TPSA) is 101 Å². The number of hydrogen-bond acceptors (Lipinski definition) is 5. The maximum Gasteiger partial charge on any atom is 0.237 e. The molecule has 2 amide bonds. The number of amides is 2. The molecule has 1 aromatic carbocycles. The number of carbonyl (C=O) groups is 2. The zero-order valence-corrected chi connectivity index (χ0v) is 12.6. The number of nitrogens with two attached hydrogens (primary N) is 2. The number of hydrogen-bond donors (Lipinski definition) is 3. The van der Waals surface area contributed by atoms with Crippen LogP contribution in [0.4, 0.5) is 5.69 Å². The summed E-state index contributed by atoms with van der Waals surface area (Å²) in [5.74, 6) is 5.38. The molecule has 0 aromatic heterocycles. The Morgan fingerprint density at radius 2 is 2.05 bits per heavy atom. The average molecular weight is 308 g/mol. The smallest absolute Gasteiger partial charge is 0.237 e. The second-order valence-electron chi connectivity index (χ2n) is 5.02. The fraction of sp³-hybridized carbons (Fsp3) is 0.429. The minimum Gasteiger partial charge on any atom is -0.399 e. The van der Waals surface area contributed by atoms with Crippen molar-refractivity contribution in [3.8, 4) is 0 Å². The molecule has 0 aliphatic carbocycles. The van der Waals surface area contributed by atoms with Gasteiger partial charge in [-0.25, -0.2) is 5.84 Å². The normalized spacial score (nSPS) is 15.8. The summed E-state index contributed by atoms with van der Waals surface area (Å²) < 4.78 is 0. The first-order valence-electron chi connectivity index (χ1n) is 6.86. The van der Waals surface area contributed by atoms with Crippen LogP contribution in [0.15, 0.2) is 29.2 Å². The highest BCUT2D eigenvalue weighted by atomic mass is 32.2. The van der Waals surface area contributed by atoms with E-state index in [1.807, 2.05) is 24.3 Å². The van der Waals surface area contributed by atoms with Gasteiger partial charge in [0.15, 0.2) is 0 Å². The highest BCUT2D eigenvalue weighted by Crippen LogP contribution is 2.22. The first-order valence-corrected chi connectivity index (χ1v) is 7.85. The van der Waals surface area contributed by atoms with Gasteiger partial charge >= 0.3 is 0 Å². The Balaban J connectivity index is 1.78. The monoisotopic (exact) mass is 308 g/mol. The molecule has 1 heterocycles. The lowest BCUT2D eigenvalue weighted by Gasteiger charge is -2.31. The number of anilines is 1. The maximum atomic E-state index is 12.2. The summed E-state index contributed by atoms with van der Waals surface area (Å²) in [6, 6.07) is 7.49. The summed E-state index contributed by atoms with van der Waals surface area (Å²) in [7, 11) is 0. The van der Waals surface area contributed by atoms with E-state index in [9.17, 15) is 9.59 Å². The van der Waals surface area contributed by atoms with E-state index in [2.05, 4.69) is 5.43 Å². The van der Waals surface area contributed by atoms with Crippen LogP contribution in [0.1, 0.15) is 12.8 Å².